The van der Waals surface area contributed by atoms with Crippen LogP contribution in [0.2, 0.25) is 0 Å². The van der Waals surface area contributed by atoms with Crippen LogP contribution >= 0.6 is 0 Å². The van der Waals surface area contributed by atoms with E-state index < -0.39 is 0 Å². The van der Waals surface area contributed by atoms with Crippen molar-refractivity contribution in [3.63, 3.8) is 0 Å². The minimum absolute atomic E-state index is 0.123. The first-order valence-electron chi connectivity index (χ1n) is 9.71. The maximum Gasteiger partial charge on any atom is 0.258 e. The first kappa shape index (κ1) is 19.9. The van der Waals surface area contributed by atoms with E-state index in [1.54, 1.807) is 29.8 Å². The highest BCUT2D eigenvalue weighted by Gasteiger charge is 2.13. The van der Waals surface area contributed by atoms with Gasteiger partial charge in [0.25, 0.3) is 11.1 Å². The third-order valence-corrected chi connectivity index (χ3v) is 4.89. The molecule has 0 aliphatic heterocycles. The Kier molecular flexibility index (Phi) is 5.69. The summed E-state index contributed by atoms with van der Waals surface area (Å²) in [5, 5.41) is 0.559. The molecule has 30 heavy (non-hydrogen) atoms. The Morgan fingerprint density at radius 3 is 2.77 bits per heavy atom. The van der Waals surface area contributed by atoms with Crippen molar-refractivity contribution in [1.29, 1.82) is 0 Å². The first-order chi connectivity index (χ1) is 14.5. The van der Waals surface area contributed by atoms with Gasteiger partial charge in [0.15, 0.2) is 0 Å². The summed E-state index contributed by atoms with van der Waals surface area (Å²) in [6, 6.07) is 12.6. The van der Waals surface area contributed by atoms with Crippen LogP contribution in [-0.2, 0) is 17.8 Å². The monoisotopic (exact) mass is 405 g/mol. The molecule has 0 saturated heterocycles. The average molecular weight is 405 g/mol. The first-order valence-corrected chi connectivity index (χ1v) is 9.71. The molecule has 3 heterocycles. The molecule has 0 aliphatic rings. The summed E-state index contributed by atoms with van der Waals surface area (Å²) in [4.78, 5) is 39.0. The summed E-state index contributed by atoms with van der Waals surface area (Å²) in [5.41, 5.74) is 2.62. The molecule has 0 spiro atoms. The van der Waals surface area contributed by atoms with Gasteiger partial charge in [-0.15, -0.1) is 0 Å². The SMILES string of the molecule is COCCN(Cc1cc(=O)n2cc(C)ccc2n1)Cc1nc2ccccc2c(=O)[nH]1. The van der Waals surface area contributed by atoms with Gasteiger partial charge >= 0.3 is 0 Å². The van der Waals surface area contributed by atoms with Gasteiger partial charge in [-0.1, -0.05) is 18.2 Å². The molecule has 0 fully saturated rings. The number of ether oxygens (including phenoxy) is 1. The molecule has 1 N–H and O–H groups in total. The molecular weight excluding hydrogens is 382 g/mol. The number of hydrogen-bond acceptors (Lipinski definition) is 6. The quantitative estimate of drug-likeness (QED) is 0.505. The van der Waals surface area contributed by atoms with Crippen molar-refractivity contribution in [2.45, 2.75) is 20.0 Å². The summed E-state index contributed by atoms with van der Waals surface area (Å²) < 4.78 is 6.77. The fourth-order valence-electron chi connectivity index (χ4n) is 3.42. The van der Waals surface area contributed by atoms with Crippen LogP contribution in [0.25, 0.3) is 16.6 Å². The van der Waals surface area contributed by atoms with E-state index in [2.05, 4.69) is 15.0 Å². The molecule has 8 heteroatoms. The van der Waals surface area contributed by atoms with Crippen molar-refractivity contribution in [3.8, 4) is 0 Å². The summed E-state index contributed by atoms with van der Waals surface area (Å²) in [7, 11) is 1.64. The predicted octanol–water partition coefficient (Wildman–Crippen LogP) is 1.89. The number of benzene rings is 1. The maximum absolute atomic E-state index is 12.5. The standard InChI is InChI=1S/C22H23N5O3/c1-15-7-8-20-23-16(11-21(28)27(20)12-15)13-26(9-10-30-2)14-19-24-18-6-4-3-5-17(18)22(29)25-19/h3-8,11-12H,9-10,13-14H2,1-2H3,(H,24,25,29). The average Bonchev–Trinajstić information content (AvgIpc) is 2.73. The van der Waals surface area contributed by atoms with Gasteiger partial charge in [-0.3, -0.25) is 18.9 Å². The zero-order valence-electron chi connectivity index (χ0n) is 17.0. The van der Waals surface area contributed by atoms with Crippen LogP contribution in [0.15, 0.2) is 58.3 Å². The molecule has 154 valence electrons. The number of nitrogens with one attached hydrogen (secondary N) is 1. The van der Waals surface area contributed by atoms with Gasteiger partial charge in [0.05, 0.1) is 29.7 Å². The van der Waals surface area contributed by atoms with E-state index in [-0.39, 0.29) is 11.1 Å². The van der Waals surface area contributed by atoms with E-state index in [0.29, 0.717) is 54.3 Å². The summed E-state index contributed by atoms with van der Waals surface area (Å²) in [6.45, 7) is 3.87. The van der Waals surface area contributed by atoms with Gasteiger partial charge in [0.2, 0.25) is 0 Å². The normalized spacial score (nSPS) is 11.6. The highest BCUT2D eigenvalue weighted by atomic mass is 16.5. The lowest BCUT2D eigenvalue weighted by atomic mass is 10.2. The molecule has 0 bridgehead atoms. The van der Waals surface area contributed by atoms with E-state index in [1.165, 1.54) is 0 Å². The number of hydrogen-bond donors (Lipinski definition) is 1. The number of aromatic amines is 1. The second-order valence-electron chi connectivity index (χ2n) is 7.25. The topological polar surface area (TPSA) is 92.6 Å². The van der Waals surface area contributed by atoms with Crippen LogP contribution in [0.4, 0.5) is 0 Å². The number of rotatable bonds is 7. The van der Waals surface area contributed by atoms with E-state index in [0.717, 1.165) is 5.56 Å². The minimum Gasteiger partial charge on any atom is -0.383 e. The fourth-order valence-corrected chi connectivity index (χ4v) is 3.42. The van der Waals surface area contributed by atoms with Gasteiger partial charge in [-0.05, 0) is 30.7 Å². The molecule has 0 atom stereocenters. The van der Waals surface area contributed by atoms with E-state index in [1.807, 2.05) is 42.2 Å². The van der Waals surface area contributed by atoms with Crippen molar-refractivity contribution in [2.75, 3.05) is 20.3 Å². The molecule has 3 aromatic heterocycles. The highest BCUT2D eigenvalue weighted by Crippen LogP contribution is 2.10. The maximum atomic E-state index is 12.5. The lowest BCUT2D eigenvalue weighted by Crippen LogP contribution is -2.30. The number of nitrogens with zero attached hydrogens (tertiary/aromatic N) is 4. The number of aryl methyl sites for hydroxylation is 1. The second-order valence-corrected chi connectivity index (χ2v) is 7.25. The summed E-state index contributed by atoms with van der Waals surface area (Å²) >= 11 is 0. The van der Waals surface area contributed by atoms with Crippen LogP contribution in [0, 0.1) is 6.92 Å². The van der Waals surface area contributed by atoms with Crippen LogP contribution in [0.5, 0.6) is 0 Å². The van der Waals surface area contributed by atoms with Gasteiger partial charge in [0, 0.05) is 32.5 Å². The summed E-state index contributed by atoms with van der Waals surface area (Å²) in [6.07, 6.45) is 1.78. The number of H-pyrrole nitrogens is 1. The predicted molar refractivity (Wildman–Crippen MR) is 115 cm³/mol. The number of fused-ring (bicyclic) bond motifs is 2. The van der Waals surface area contributed by atoms with E-state index in [9.17, 15) is 9.59 Å². The third-order valence-electron chi connectivity index (χ3n) is 4.89. The molecule has 4 aromatic rings. The molecular formula is C22H23N5O3. The van der Waals surface area contributed by atoms with Crippen molar-refractivity contribution in [3.05, 3.63) is 86.5 Å². The second kappa shape index (κ2) is 8.56. The smallest absolute Gasteiger partial charge is 0.258 e. The molecule has 0 saturated carbocycles. The molecule has 0 aliphatic carbocycles. The zero-order valence-corrected chi connectivity index (χ0v) is 17.0. The van der Waals surface area contributed by atoms with Crippen molar-refractivity contribution >= 4 is 16.6 Å². The molecule has 1 aromatic carbocycles. The Balaban J connectivity index is 1.63. The lowest BCUT2D eigenvalue weighted by Gasteiger charge is -2.21. The van der Waals surface area contributed by atoms with Gasteiger partial charge in [0.1, 0.15) is 11.5 Å². The Bertz CT molecular complexity index is 1310. The van der Waals surface area contributed by atoms with Crippen molar-refractivity contribution < 1.29 is 4.74 Å². The molecule has 4 rings (SSSR count). The van der Waals surface area contributed by atoms with E-state index in [4.69, 9.17) is 4.74 Å². The van der Waals surface area contributed by atoms with Gasteiger partial charge < -0.3 is 9.72 Å². The Hall–Kier alpha value is -3.36. The zero-order chi connectivity index (χ0) is 21.1. The largest absolute Gasteiger partial charge is 0.383 e. The summed E-state index contributed by atoms with van der Waals surface area (Å²) in [5.74, 6) is 0.558. The van der Waals surface area contributed by atoms with Crippen molar-refractivity contribution in [1.82, 2.24) is 24.3 Å². The Morgan fingerprint density at radius 1 is 1.10 bits per heavy atom. The number of aromatic nitrogens is 4. The molecule has 0 radical (unpaired) electrons. The Morgan fingerprint density at radius 2 is 1.93 bits per heavy atom. The number of pyridine rings is 1. The number of methoxy groups -OCH3 is 1. The van der Waals surface area contributed by atoms with Crippen LogP contribution in [0.3, 0.4) is 0 Å². The number of para-hydroxylation sites is 1. The fraction of sp³-hybridized carbons (Fsp3) is 0.273. The Labute approximate surface area is 172 Å². The van der Waals surface area contributed by atoms with Crippen LogP contribution in [0.1, 0.15) is 17.1 Å². The minimum atomic E-state index is -0.167. The lowest BCUT2D eigenvalue weighted by molar-refractivity contribution is 0.137. The van der Waals surface area contributed by atoms with E-state index >= 15 is 0 Å². The van der Waals surface area contributed by atoms with Crippen molar-refractivity contribution in [2.24, 2.45) is 0 Å². The third kappa shape index (κ3) is 4.29. The van der Waals surface area contributed by atoms with Crippen LogP contribution < -0.4 is 11.1 Å². The van der Waals surface area contributed by atoms with Crippen LogP contribution in [-0.4, -0.2) is 44.5 Å². The molecule has 0 amide bonds. The van der Waals surface area contributed by atoms with Gasteiger partial charge in [-0.2, -0.15) is 0 Å². The highest BCUT2D eigenvalue weighted by molar-refractivity contribution is 5.77. The molecule has 8 nitrogen and oxygen atoms in total. The van der Waals surface area contributed by atoms with Gasteiger partial charge in [-0.25, -0.2) is 9.97 Å². The molecule has 0 unspecified atom stereocenters.